The highest BCUT2D eigenvalue weighted by Crippen LogP contribution is 2.52. The molecule has 0 bridgehead atoms. The largest absolute Gasteiger partial charge is 0.472 e. The van der Waals surface area contributed by atoms with Crippen molar-refractivity contribution in [2.75, 3.05) is 25.2 Å². The Morgan fingerprint density at radius 3 is 1.62 bits per heavy atom. The van der Waals surface area contributed by atoms with Gasteiger partial charge in [0.2, 0.25) is 4.52 Å². The standard InChI is InChI=1S/C5H10BrCl2O4P.C4H11NO3/c1-4(2,3-6)5(7,8)12-13(9,10)11;5-4(1-6,2-7)3-8/h3H2,1-2H3,(H2,9,10,11);6-8H,1-3,5H2. The smallest absolute Gasteiger partial charge is 0.394 e. The van der Waals surface area contributed by atoms with Gasteiger partial charge in [0.15, 0.2) is 0 Å². The molecule has 130 valence electrons. The molecule has 0 aromatic heterocycles. The number of halogens is 3. The molecule has 0 heterocycles. The summed E-state index contributed by atoms with van der Waals surface area (Å²) in [5.41, 5.74) is 3.12. The van der Waals surface area contributed by atoms with E-state index in [9.17, 15) is 4.57 Å². The van der Waals surface area contributed by atoms with Crippen LogP contribution >= 0.6 is 47.0 Å². The van der Waals surface area contributed by atoms with Crippen molar-refractivity contribution < 1.29 is 34.2 Å². The number of nitrogens with two attached hydrogens (primary N) is 1. The van der Waals surface area contributed by atoms with Crippen LogP contribution in [0, 0.1) is 5.41 Å². The zero-order valence-electron chi connectivity index (χ0n) is 11.5. The fourth-order valence-corrected chi connectivity index (χ4v) is 2.44. The van der Waals surface area contributed by atoms with Gasteiger partial charge in [0.25, 0.3) is 0 Å². The summed E-state index contributed by atoms with van der Waals surface area (Å²) in [5.74, 6) is 0. The van der Waals surface area contributed by atoms with Crippen LogP contribution < -0.4 is 5.73 Å². The second-order valence-corrected chi connectivity index (χ2v) is 7.94. The van der Waals surface area contributed by atoms with Crippen LogP contribution in [0.15, 0.2) is 0 Å². The first-order valence-electron chi connectivity index (χ1n) is 5.52. The van der Waals surface area contributed by atoms with E-state index in [2.05, 4.69) is 20.5 Å². The van der Waals surface area contributed by atoms with Crippen LogP contribution in [0.25, 0.3) is 0 Å². The SMILES string of the molecule is CC(C)(CBr)C(Cl)(Cl)OP(=O)(O)O.NC(CO)(CO)CO. The van der Waals surface area contributed by atoms with Crippen LogP contribution in [-0.4, -0.2) is 60.3 Å². The molecule has 7 N–H and O–H groups in total. The zero-order chi connectivity index (χ0) is 17.5. The Kier molecular flexibility index (Phi) is 10.8. The maximum absolute atomic E-state index is 10.5. The third-order valence-electron chi connectivity index (χ3n) is 2.30. The minimum Gasteiger partial charge on any atom is -0.394 e. The molecule has 0 fully saturated rings. The lowest BCUT2D eigenvalue weighted by atomic mass is 9.98. The fourth-order valence-electron chi connectivity index (χ4n) is 0.501. The van der Waals surface area contributed by atoms with Crippen LogP contribution in [-0.2, 0) is 9.09 Å². The van der Waals surface area contributed by atoms with Gasteiger partial charge in [-0.3, -0.25) is 0 Å². The molecule has 21 heavy (non-hydrogen) atoms. The Labute approximate surface area is 141 Å². The molecule has 0 saturated heterocycles. The lowest BCUT2D eigenvalue weighted by Crippen LogP contribution is -2.50. The first-order chi connectivity index (χ1) is 9.20. The molecule has 0 aromatic rings. The minimum absolute atomic E-state index is 0.340. The highest BCUT2D eigenvalue weighted by atomic mass is 79.9. The summed E-state index contributed by atoms with van der Waals surface area (Å²) < 4.78 is 12.8. The third kappa shape index (κ3) is 9.68. The second-order valence-electron chi connectivity index (χ2n) is 4.95. The number of phosphoric acid groups is 1. The first kappa shape index (κ1) is 24.3. The molecule has 0 rings (SSSR count). The van der Waals surface area contributed by atoms with Crippen molar-refractivity contribution in [3.63, 3.8) is 0 Å². The number of rotatable bonds is 7. The van der Waals surface area contributed by atoms with Gasteiger partial charge in [-0.15, -0.1) is 0 Å². The van der Waals surface area contributed by atoms with Crippen LogP contribution in [0.1, 0.15) is 13.8 Å². The third-order valence-corrected chi connectivity index (χ3v) is 5.61. The van der Waals surface area contributed by atoms with Gasteiger partial charge in [-0.05, 0) is 0 Å². The van der Waals surface area contributed by atoms with Gasteiger partial charge in [0.1, 0.15) is 0 Å². The predicted molar refractivity (Wildman–Crippen MR) is 83.3 cm³/mol. The summed E-state index contributed by atoms with van der Waals surface area (Å²) in [4.78, 5) is 17.0. The maximum Gasteiger partial charge on any atom is 0.472 e. The van der Waals surface area contributed by atoms with Crippen molar-refractivity contribution in [1.29, 1.82) is 0 Å². The molecule has 0 amide bonds. The van der Waals surface area contributed by atoms with Gasteiger partial charge in [-0.25, -0.2) is 9.09 Å². The van der Waals surface area contributed by atoms with Crippen molar-refractivity contribution in [2.24, 2.45) is 11.1 Å². The fraction of sp³-hybridized carbons (Fsp3) is 1.00. The number of alkyl halides is 3. The Balaban J connectivity index is 0. The molecule has 0 saturated carbocycles. The first-order valence-corrected chi connectivity index (χ1v) is 8.92. The number of aliphatic hydroxyl groups excluding tert-OH is 3. The quantitative estimate of drug-likeness (QED) is 0.246. The molecule has 8 nitrogen and oxygen atoms in total. The summed E-state index contributed by atoms with van der Waals surface area (Å²) in [5, 5.41) is 25.4. The molecule has 0 aromatic carbocycles. The number of phosphoric ester groups is 1. The van der Waals surface area contributed by atoms with E-state index in [0.717, 1.165) is 0 Å². The van der Waals surface area contributed by atoms with E-state index in [-0.39, 0.29) is 0 Å². The topological polar surface area (TPSA) is 153 Å². The Hall–Kier alpha value is 1.01. The van der Waals surface area contributed by atoms with Crippen molar-refractivity contribution >= 4 is 47.0 Å². The van der Waals surface area contributed by atoms with Crippen LogP contribution in [0.5, 0.6) is 0 Å². The molecule has 0 spiro atoms. The maximum atomic E-state index is 10.5. The summed E-state index contributed by atoms with van der Waals surface area (Å²) in [7, 11) is -4.68. The van der Waals surface area contributed by atoms with E-state index >= 15 is 0 Å². The summed E-state index contributed by atoms with van der Waals surface area (Å²) >= 11 is 14.4. The Morgan fingerprint density at radius 1 is 1.14 bits per heavy atom. The molecular formula is C9H21BrCl2NO7P. The average Bonchev–Trinajstić information content (AvgIpc) is 2.35. The monoisotopic (exact) mass is 435 g/mol. The number of hydrogen-bond acceptors (Lipinski definition) is 6. The molecule has 0 aliphatic heterocycles. The van der Waals surface area contributed by atoms with Crippen LogP contribution in [0.2, 0.25) is 0 Å². The number of hydrogen-bond donors (Lipinski definition) is 6. The normalized spacial score (nSPS) is 13.7. The summed E-state index contributed by atoms with van der Waals surface area (Å²) in [6.45, 7) is 2.01. The van der Waals surface area contributed by atoms with Gasteiger partial charge in [-0.1, -0.05) is 53.0 Å². The van der Waals surface area contributed by atoms with Crippen molar-refractivity contribution in [2.45, 2.75) is 23.9 Å². The molecule has 0 radical (unpaired) electrons. The van der Waals surface area contributed by atoms with Crippen molar-refractivity contribution in [3.8, 4) is 0 Å². The predicted octanol–water partition coefficient (Wildman–Crippen LogP) is 0.309. The van der Waals surface area contributed by atoms with Gasteiger partial charge in [0, 0.05) is 10.7 Å². The highest BCUT2D eigenvalue weighted by Gasteiger charge is 2.47. The molecule has 0 aliphatic rings. The second kappa shape index (κ2) is 9.34. The van der Waals surface area contributed by atoms with E-state index in [0.29, 0.717) is 5.33 Å². The average molecular weight is 437 g/mol. The van der Waals surface area contributed by atoms with Gasteiger partial charge >= 0.3 is 7.82 Å². The Morgan fingerprint density at radius 2 is 1.48 bits per heavy atom. The van der Waals surface area contributed by atoms with E-state index in [1.54, 1.807) is 13.8 Å². The molecule has 0 unspecified atom stereocenters. The minimum atomic E-state index is -4.68. The molecular weight excluding hydrogens is 416 g/mol. The van der Waals surface area contributed by atoms with Crippen LogP contribution in [0.3, 0.4) is 0 Å². The molecule has 0 atom stereocenters. The van der Waals surface area contributed by atoms with E-state index in [4.69, 9.17) is 54.0 Å². The lowest BCUT2D eigenvalue weighted by molar-refractivity contribution is 0.0697. The van der Waals surface area contributed by atoms with E-state index in [1.165, 1.54) is 0 Å². The summed E-state index contributed by atoms with van der Waals surface area (Å²) in [6.07, 6.45) is 0. The Bertz CT molecular complexity index is 341. The van der Waals surface area contributed by atoms with Crippen LogP contribution in [0.4, 0.5) is 0 Å². The van der Waals surface area contributed by atoms with E-state index in [1.807, 2.05) is 0 Å². The van der Waals surface area contributed by atoms with Crippen molar-refractivity contribution in [3.05, 3.63) is 0 Å². The number of aliphatic hydroxyl groups is 3. The van der Waals surface area contributed by atoms with Gasteiger partial charge < -0.3 is 30.8 Å². The molecule has 0 aliphatic carbocycles. The summed E-state index contributed by atoms with van der Waals surface area (Å²) in [6, 6.07) is 0. The lowest BCUT2D eigenvalue weighted by Gasteiger charge is -2.34. The van der Waals surface area contributed by atoms with Gasteiger partial charge in [0.05, 0.1) is 25.4 Å². The van der Waals surface area contributed by atoms with Gasteiger partial charge in [-0.2, -0.15) is 0 Å². The molecule has 12 heteroatoms. The highest BCUT2D eigenvalue weighted by molar-refractivity contribution is 9.09. The van der Waals surface area contributed by atoms with E-state index < -0.39 is 43.1 Å². The van der Waals surface area contributed by atoms with Crippen molar-refractivity contribution in [1.82, 2.24) is 0 Å². The zero-order valence-corrected chi connectivity index (χ0v) is 15.5.